The van der Waals surface area contributed by atoms with Gasteiger partial charge in [-0.15, -0.1) is 0 Å². The lowest BCUT2D eigenvalue weighted by Crippen LogP contribution is -2.38. The maximum atomic E-state index is 13.8. The van der Waals surface area contributed by atoms with Gasteiger partial charge in [-0.05, 0) is 43.6 Å². The van der Waals surface area contributed by atoms with E-state index in [2.05, 4.69) is 9.88 Å². The first-order valence-electron chi connectivity index (χ1n) is 12.1. The van der Waals surface area contributed by atoms with Gasteiger partial charge < -0.3 is 0 Å². The predicted molar refractivity (Wildman–Crippen MR) is 149 cm³/mol. The van der Waals surface area contributed by atoms with E-state index in [4.69, 9.17) is 11.6 Å². The maximum Gasteiger partial charge on any atom is 0.288 e. The average molecular weight is 589 g/mol. The van der Waals surface area contributed by atoms with Crippen LogP contribution in [0, 0.1) is 10.1 Å². The van der Waals surface area contributed by atoms with E-state index < -0.39 is 24.8 Å². The van der Waals surface area contributed by atoms with Crippen molar-refractivity contribution in [3.05, 3.63) is 87.6 Å². The highest BCUT2D eigenvalue weighted by molar-refractivity contribution is 7.91. The lowest BCUT2D eigenvalue weighted by molar-refractivity contribution is -0.385. The van der Waals surface area contributed by atoms with Crippen LogP contribution in [-0.2, 0) is 26.4 Å². The molecule has 0 N–H and O–H groups in total. The van der Waals surface area contributed by atoms with Gasteiger partial charge in [0.05, 0.1) is 25.8 Å². The largest absolute Gasteiger partial charge is 0.299 e. The fourth-order valence-electron chi connectivity index (χ4n) is 4.89. The number of pyridine rings is 1. The van der Waals surface area contributed by atoms with Crippen LogP contribution in [0.25, 0.3) is 22.3 Å². The van der Waals surface area contributed by atoms with Crippen molar-refractivity contribution < 1.29 is 21.8 Å². The van der Waals surface area contributed by atoms with Gasteiger partial charge in [0.15, 0.2) is 5.65 Å². The zero-order valence-corrected chi connectivity index (χ0v) is 23.3. The number of nitro groups is 1. The summed E-state index contributed by atoms with van der Waals surface area (Å²) in [7, 11) is -7.21. The Kier molecular flexibility index (Phi) is 7.23. The molecule has 1 fully saturated rings. The Morgan fingerprint density at radius 1 is 1.03 bits per heavy atom. The summed E-state index contributed by atoms with van der Waals surface area (Å²) in [6, 6.07) is 16.3. The van der Waals surface area contributed by atoms with E-state index in [9.17, 15) is 26.9 Å². The normalized spacial score (nSPS) is 15.5. The third-order valence-corrected chi connectivity index (χ3v) is 10.7. The summed E-state index contributed by atoms with van der Waals surface area (Å²) in [5.41, 5.74) is 1.31. The van der Waals surface area contributed by atoms with E-state index >= 15 is 0 Å². The molecule has 0 amide bonds. The van der Waals surface area contributed by atoms with E-state index in [0.29, 0.717) is 38.0 Å². The smallest absolute Gasteiger partial charge is 0.288 e. The van der Waals surface area contributed by atoms with E-state index in [1.807, 2.05) is 12.1 Å². The van der Waals surface area contributed by atoms with Gasteiger partial charge in [0.25, 0.3) is 15.7 Å². The first kappa shape index (κ1) is 27.3. The van der Waals surface area contributed by atoms with Gasteiger partial charge in [-0.1, -0.05) is 54.1 Å². The van der Waals surface area contributed by atoms with Gasteiger partial charge in [-0.25, -0.2) is 25.8 Å². The number of benzene rings is 2. The summed E-state index contributed by atoms with van der Waals surface area (Å²) >= 11 is 6.71. The molecule has 3 heterocycles. The number of likely N-dealkylation sites (tertiary alicyclic amines) is 1. The minimum atomic E-state index is -4.16. The number of hydrogen-bond acceptors (Lipinski definition) is 8. The van der Waals surface area contributed by atoms with Crippen molar-refractivity contribution in [2.45, 2.75) is 29.5 Å². The van der Waals surface area contributed by atoms with E-state index in [1.54, 1.807) is 30.3 Å². The molecule has 0 saturated carbocycles. The fourth-order valence-corrected chi connectivity index (χ4v) is 7.86. The highest BCUT2D eigenvalue weighted by Crippen LogP contribution is 2.40. The quantitative estimate of drug-likeness (QED) is 0.227. The van der Waals surface area contributed by atoms with E-state index in [0.717, 1.165) is 15.7 Å². The topological polar surface area (TPSA) is 132 Å². The maximum absolute atomic E-state index is 13.8. The second kappa shape index (κ2) is 10.3. The molecule has 1 aliphatic rings. The van der Waals surface area contributed by atoms with Crippen LogP contribution in [0.3, 0.4) is 0 Å². The van der Waals surface area contributed by atoms with Crippen LogP contribution < -0.4 is 0 Å². The second-order valence-corrected chi connectivity index (χ2v) is 14.1. The molecule has 0 radical (unpaired) electrons. The van der Waals surface area contributed by atoms with Crippen molar-refractivity contribution in [2.75, 3.05) is 19.3 Å². The summed E-state index contributed by atoms with van der Waals surface area (Å²) in [4.78, 5) is 17.1. The summed E-state index contributed by atoms with van der Waals surface area (Å²) < 4.78 is 52.3. The Morgan fingerprint density at radius 2 is 1.67 bits per heavy atom. The molecule has 13 heteroatoms. The molecule has 1 aliphatic heterocycles. The lowest BCUT2D eigenvalue weighted by Gasteiger charge is -2.31. The van der Waals surface area contributed by atoms with E-state index in [-0.39, 0.29) is 37.6 Å². The van der Waals surface area contributed by atoms with Crippen LogP contribution >= 0.6 is 11.6 Å². The summed E-state index contributed by atoms with van der Waals surface area (Å²) in [5.74, 6) is 0. The average Bonchev–Trinajstić information content (AvgIpc) is 3.22. The Morgan fingerprint density at radius 3 is 2.26 bits per heavy atom. The summed E-state index contributed by atoms with van der Waals surface area (Å²) in [6.07, 6.45) is 3.46. The molecule has 2 aromatic carbocycles. The third-order valence-electron chi connectivity index (χ3n) is 6.96. The number of hydrogen-bond donors (Lipinski definition) is 0. The minimum Gasteiger partial charge on any atom is -0.299 e. The molecule has 0 bridgehead atoms. The van der Waals surface area contributed by atoms with Gasteiger partial charge in [-0.3, -0.25) is 15.0 Å². The van der Waals surface area contributed by atoms with Crippen LogP contribution in [0.15, 0.2) is 71.8 Å². The molecule has 0 aliphatic carbocycles. The monoisotopic (exact) mass is 588 g/mol. The zero-order chi connectivity index (χ0) is 27.9. The van der Waals surface area contributed by atoms with Gasteiger partial charge in [-0.2, -0.15) is 0 Å². The highest BCUT2D eigenvalue weighted by Gasteiger charge is 2.30. The molecule has 0 atom stereocenters. The standard InChI is InChI=1S/C26H25ClN4O6S2/c1-38(34,35)21-11-13-29(14-12-21)17-18-7-9-19(10-8-18)25-24(27)23-15-20(31(32)33)16-28-26(23)30(25)39(36,37)22-5-3-2-4-6-22/h2-10,15-16,21H,11-14,17H2,1H3. The van der Waals surface area contributed by atoms with Gasteiger partial charge in [0, 0.05) is 29.8 Å². The molecule has 0 spiro atoms. The predicted octanol–water partition coefficient (Wildman–Crippen LogP) is 4.51. The van der Waals surface area contributed by atoms with Crippen molar-refractivity contribution >= 4 is 48.2 Å². The molecule has 2 aromatic heterocycles. The van der Waals surface area contributed by atoms with Crippen LogP contribution in [0.4, 0.5) is 5.69 Å². The number of aromatic nitrogens is 2. The summed E-state index contributed by atoms with van der Waals surface area (Å²) in [6.45, 7) is 1.95. The van der Waals surface area contributed by atoms with Crippen molar-refractivity contribution in [2.24, 2.45) is 0 Å². The van der Waals surface area contributed by atoms with Gasteiger partial charge in [0.1, 0.15) is 16.0 Å². The Hall–Kier alpha value is -3.32. The number of rotatable bonds is 7. The first-order chi connectivity index (χ1) is 18.5. The number of nitrogens with zero attached hydrogens (tertiary/aromatic N) is 4. The summed E-state index contributed by atoms with van der Waals surface area (Å²) in [5, 5.41) is 11.2. The Bertz CT molecular complexity index is 1760. The van der Waals surface area contributed by atoms with Crippen molar-refractivity contribution in [3.63, 3.8) is 0 Å². The molecule has 0 unspecified atom stereocenters. The van der Waals surface area contributed by atoms with Gasteiger partial charge >= 0.3 is 0 Å². The van der Waals surface area contributed by atoms with Crippen molar-refractivity contribution in [3.8, 4) is 11.3 Å². The fraction of sp³-hybridized carbons (Fsp3) is 0.269. The lowest BCUT2D eigenvalue weighted by atomic mass is 10.1. The van der Waals surface area contributed by atoms with Crippen LogP contribution in [0.2, 0.25) is 5.02 Å². The van der Waals surface area contributed by atoms with Crippen molar-refractivity contribution in [1.82, 2.24) is 13.9 Å². The molecular weight excluding hydrogens is 564 g/mol. The molecule has 1 saturated heterocycles. The number of fused-ring (bicyclic) bond motifs is 1. The van der Waals surface area contributed by atoms with Crippen LogP contribution in [0.1, 0.15) is 18.4 Å². The third kappa shape index (κ3) is 5.29. The number of piperidine rings is 1. The molecule has 5 rings (SSSR count). The molecule has 10 nitrogen and oxygen atoms in total. The molecule has 4 aromatic rings. The molecule has 204 valence electrons. The second-order valence-electron chi connectivity index (χ2n) is 9.57. The SMILES string of the molecule is CS(=O)(=O)C1CCN(Cc2ccc(-c3c(Cl)c4cc([N+](=O)[O-])cnc4n3S(=O)(=O)c3ccccc3)cc2)CC1. The zero-order valence-electron chi connectivity index (χ0n) is 20.9. The Balaban J connectivity index is 1.54. The number of sulfone groups is 1. The highest BCUT2D eigenvalue weighted by atomic mass is 35.5. The molecule has 39 heavy (non-hydrogen) atoms. The van der Waals surface area contributed by atoms with E-state index in [1.165, 1.54) is 24.5 Å². The molecular formula is C26H25ClN4O6S2. The minimum absolute atomic E-state index is 0.0118. The van der Waals surface area contributed by atoms with Gasteiger partial charge in [0.2, 0.25) is 0 Å². The first-order valence-corrected chi connectivity index (χ1v) is 15.9. The van der Waals surface area contributed by atoms with Crippen LogP contribution in [-0.4, -0.2) is 60.2 Å². The number of halogens is 1. The van der Waals surface area contributed by atoms with Crippen molar-refractivity contribution in [1.29, 1.82) is 0 Å². The van der Waals surface area contributed by atoms with Crippen LogP contribution in [0.5, 0.6) is 0 Å². The Labute approximate surface area is 231 Å².